The standard InChI is InChI=1S/C12H14ClNO4S/c1-19(16,17)18-8-9-6-12(15)14(7-9)11-4-2-10(13)3-5-11/h2-5,9H,6-8H2,1H3. The van der Waals surface area contributed by atoms with Gasteiger partial charge in [-0.3, -0.25) is 8.98 Å². The molecule has 1 amide bonds. The molecular formula is C12H14ClNO4S. The number of anilines is 1. The second-order valence-electron chi connectivity index (χ2n) is 4.54. The number of amides is 1. The van der Waals surface area contributed by atoms with E-state index in [1.54, 1.807) is 29.2 Å². The van der Waals surface area contributed by atoms with Crippen molar-refractivity contribution in [2.75, 3.05) is 24.3 Å². The molecule has 0 saturated carbocycles. The number of carbonyl (C=O) groups excluding carboxylic acids is 1. The van der Waals surface area contributed by atoms with Gasteiger partial charge in [0.1, 0.15) is 0 Å². The lowest BCUT2D eigenvalue weighted by Gasteiger charge is -2.16. The van der Waals surface area contributed by atoms with Crippen LogP contribution in [-0.4, -0.2) is 33.7 Å². The molecule has 0 aliphatic carbocycles. The molecule has 1 heterocycles. The van der Waals surface area contributed by atoms with Gasteiger partial charge < -0.3 is 4.90 Å². The van der Waals surface area contributed by atoms with Crippen molar-refractivity contribution in [3.05, 3.63) is 29.3 Å². The summed E-state index contributed by atoms with van der Waals surface area (Å²) in [6.45, 7) is 0.491. The Labute approximate surface area is 117 Å². The molecule has 0 aromatic heterocycles. The molecule has 1 aliphatic heterocycles. The highest BCUT2D eigenvalue weighted by atomic mass is 35.5. The molecule has 19 heavy (non-hydrogen) atoms. The van der Waals surface area contributed by atoms with Gasteiger partial charge in [-0.15, -0.1) is 0 Å². The molecule has 0 spiro atoms. The molecular weight excluding hydrogens is 290 g/mol. The van der Waals surface area contributed by atoms with E-state index < -0.39 is 10.1 Å². The van der Waals surface area contributed by atoms with Crippen LogP contribution in [0.15, 0.2) is 24.3 Å². The molecule has 1 atom stereocenters. The van der Waals surface area contributed by atoms with Crippen LogP contribution in [0.5, 0.6) is 0 Å². The van der Waals surface area contributed by atoms with Crippen LogP contribution in [0.3, 0.4) is 0 Å². The summed E-state index contributed by atoms with van der Waals surface area (Å²) in [6, 6.07) is 6.95. The second-order valence-corrected chi connectivity index (χ2v) is 6.62. The van der Waals surface area contributed by atoms with Crippen LogP contribution in [0.1, 0.15) is 6.42 Å². The minimum Gasteiger partial charge on any atom is -0.312 e. The quantitative estimate of drug-likeness (QED) is 0.794. The van der Waals surface area contributed by atoms with Gasteiger partial charge in [0.15, 0.2) is 0 Å². The molecule has 7 heteroatoms. The van der Waals surface area contributed by atoms with Gasteiger partial charge in [-0.25, -0.2) is 0 Å². The van der Waals surface area contributed by atoms with E-state index in [-0.39, 0.29) is 24.9 Å². The summed E-state index contributed by atoms with van der Waals surface area (Å²) in [7, 11) is -3.46. The molecule has 1 unspecified atom stereocenters. The number of hydrogen-bond acceptors (Lipinski definition) is 4. The Morgan fingerprint density at radius 1 is 1.37 bits per heavy atom. The lowest BCUT2D eigenvalue weighted by atomic mass is 10.1. The summed E-state index contributed by atoms with van der Waals surface area (Å²) < 4.78 is 26.6. The van der Waals surface area contributed by atoms with Crippen molar-refractivity contribution in [1.82, 2.24) is 0 Å². The monoisotopic (exact) mass is 303 g/mol. The summed E-state index contributed by atoms with van der Waals surface area (Å²) in [6.07, 6.45) is 1.29. The maximum atomic E-state index is 11.9. The van der Waals surface area contributed by atoms with Gasteiger partial charge in [0, 0.05) is 29.6 Å². The van der Waals surface area contributed by atoms with Crippen LogP contribution in [0.25, 0.3) is 0 Å². The van der Waals surface area contributed by atoms with Crippen molar-refractivity contribution in [2.45, 2.75) is 6.42 Å². The van der Waals surface area contributed by atoms with Gasteiger partial charge in [0.05, 0.1) is 12.9 Å². The van der Waals surface area contributed by atoms with Crippen molar-refractivity contribution in [1.29, 1.82) is 0 Å². The van der Waals surface area contributed by atoms with Gasteiger partial charge in [0.2, 0.25) is 5.91 Å². The molecule has 104 valence electrons. The zero-order valence-electron chi connectivity index (χ0n) is 10.4. The Bertz CT molecular complexity index is 570. The van der Waals surface area contributed by atoms with Gasteiger partial charge in [-0.05, 0) is 24.3 Å². The fraction of sp³-hybridized carbons (Fsp3) is 0.417. The van der Waals surface area contributed by atoms with Crippen molar-refractivity contribution < 1.29 is 17.4 Å². The average molecular weight is 304 g/mol. The van der Waals surface area contributed by atoms with Gasteiger partial charge >= 0.3 is 0 Å². The highest BCUT2D eigenvalue weighted by Gasteiger charge is 2.31. The molecule has 0 N–H and O–H groups in total. The molecule has 5 nitrogen and oxygen atoms in total. The topological polar surface area (TPSA) is 63.7 Å². The summed E-state index contributed by atoms with van der Waals surface area (Å²) in [5.41, 5.74) is 0.760. The fourth-order valence-electron chi connectivity index (χ4n) is 1.98. The highest BCUT2D eigenvalue weighted by molar-refractivity contribution is 7.85. The number of rotatable bonds is 4. The zero-order valence-corrected chi connectivity index (χ0v) is 11.9. The lowest BCUT2D eigenvalue weighted by molar-refractivity contribution is -0.117. The van der Waals surface area contributed by atoms with Crippen molar-refractivity contribution in [3.8, 4) is 0 Å². The highest BCUT2D eigenvalue weighted by Crippen LogP contribution is 2.26. The summed E-state index contributed by atoms with van der Waals surface area (Å²) >= 11 is 5.79. The Hall–Kier alpha value is -1.11. The van der Waals surface area contributed by atoms with Crippen LogP contribution in [0.2, 0.25) is 5.02 Å². The molecule has 1 aromatic carbocycles. The van der Waals surface area contributed by atoms with Crippen molar-refractivity contribution >= 4 is 33.3 Å². The normalized spacial score (nSPS) is 20.0. The first-order chi connectivity index (χ1) is 8.85. The van der Waals surface area contributed by atoms with E-state index in [4.69, 9.17) is 15.8 Å². The Kier molecular flexibility index (Phi) is 4.13. The molecule has 1 aliphatic rings. The smallest absolute Gasteiger partial charge is 0.264 e. The van der Waals surface area contributed by atoms with Gasteiger partial charge in [-0.2, -0.15) is 8.42 Å². The second kappa shape index (κ2) is 5.48. The minimum absolute atomic E-state index is 0.0364. The van der Waals surface area contributed by atoms with E-state index in [0.29, 0.717) is 11.6 Å². The van der Waals surface area contributed by atoms with Crippen molar-refractivity contribution in [3.63, 3.8) is 0 Å². The molecule has 1 aromatic rings. The number of carbonyl (C=O) groups is 1. The number of benzene rings is 1. The molecule has 0 bridgehead atoms. The van der Waals surface area contributed by atoms with E-state index in [0.717, 1.165) is 11.9 Å². The van der Waals surface area contributed by atoms with E-state index in [1.807, 2.05) is 0 Å². The van der Waals surface area contributed by atoms with E-state index in [2.05, 4.69) is 0 Å². The maximum absolute atomic E-state index is 11.9. The third kappa shape index (κ3) is 3.92. The number of halogens is 1. The summed E-state index contributed by atoms with van der Waals surface area (Å²) in [5.74, 6) is -0.151. The first-order valence-electron chi connectivity index (χ1n) is 5.75. The first kappa shape index (κ1) is 14.3. The van der Waals surface area contributed by atoms with Crippen molar-refractivity contribution in [2.24, 2.45) is 5.92 Å². The van der Waals surface area contributed by atoms with Crippen LogP contribution in [0.4, 0.5) is 5.69 Å². The molecule has 1 saturated heterocycles. The van der Waals surface area contributed by atoms with Gasteiger partial charge in [0.25, 0.3) is 10.1 Å². The Morgan fingerprint density at radius 2 is 2.00 bits per heavy atom. The number of hydrogen-bond donors (Lipinski definition) is 0. The van der Waals surface area contributed by atoms with Gasteiger partial charge in [-0.1, -0.05) is 11.6 Å². The third-order valence-corrected chi connectivity index (χ3v) is 3.68. The molecule has 2 rings (SSSR count). The summed E-state index contributed by atoms with van der Waals surface area (Å²) in [5, 5.41) is 0.604. The predicted molar refractivity (Wildman–Crippen MR) is 72.7 cm³/mol. The van der Waals surface area contributed by atoms with Crippen LogP contribution in [0, 0.1) is 5.92 Å². The van der Waals surface area contributed by atoms with E-state index in [9.17, 15) is 13.2 Å². The van der Waals surface area contributed by atoms with Crippen LogP contribution >= 0.6 is 11.6 Å². The minimum atomic E-state index is -3.46. The van der Waals surface area contributed by atoms with E-state index in [1.165, 1.54) is 0 Å². The van der Waals surface area contributed by atoms with E-state index >= 15 is 0 Å². The number of nitrogens with zero attached hydrogens (tertiary/aromatic N) is 1. The third-order valence-electron chi connectivity index (χ3n) is 2.86. The lowest BCUT2D eigenvalue weighted by Crippen LogP contribution is -2.25. The maximum Gasteiger partial charge on any atom is 0.264 e. The SMILES string of the molecule is CS(=O)(=O)OCC1CC(=O)N(c2ccc(Cl)cc2)C1. The van der Waals surface area contributed by atoms with Crippen LogP contribution in [-0.2, 0) is 19.1 Å². The Morgan fingerprint density at radius 3 is 2.58 bits per heavy atom. The Balaban J connectivity index is 2.01. The summed E-state index contributed by atoms with van der Waals surface area (Å²) in [4.78, 5) is 13.5. The fourth-order valence-corrected chi connectivity index (χ4v) is 2.55. The molecule has 1 fully saturated rings. The molecule has 0 radical (unpaired) electrons. The first-order valence-corrected chi connectivity index (χ1v) is 7.95. The zero-order chi connectivity index (χ0) is 14.0. The average Bonchev–Trinajstić information content (AvgIpc) is 2.68. The predicted octanol–water partition coefficient (Wildman–Crippen LogP) is 1.67. The largest absolute Gasteiger partial charge is 0.312 e. The van der Waals surface area contributed by atoms with Crippen LogP contribution < -0.4 is 4.90 Å².